The Morgan fingerprint density at radius 1 is 1.75 bits per heavy atom. The van der Waals surface area contributed by atoms with Crippen LogP contribution in [0, 0.1) is 0 Å². The first-order valence-corrected chi connectivity index (χ1v) is 2.14. The molecule has 0 spiro atoms. The van der Waals surface area contributed by atoms with Gasteiger partial charge in [0.25, 0.3) is 0 Å². The van der Waals surface area contributed by atoms with Crippen LogP contribution in [0.5, 0.6) is 0 Å². The van der Waals surface area contributed by atoms with E-state index in [0.29, 0.717) is 0 Å². The molecular weight excluding hydrogens is 133 g/mol. The molecule has 0 aliphatic carbocycles. The minimum absolute atomic E-state index is 0. The molecule has 0 rings (SSSR count). The van der Waals surface area contributed by atoms with Gasteiger partial charge in [0.15, 0.2) is 0 Å². The molecule has 0 heterocycles. The van der Waals surface area contributed by atoms with Gasteiger partial charge >= 0.3 is 0 Å². The van der Waals surface area contributed by atoms with E-state index in [2.05, 4.69) is 4.74 Å². The van der Waals surface area contributed by atoms with Crippen molar-refractivity contribution in [3.05, 3.63) is 0 Å². The lowest BCUT2D eigenvalue weighted by Gasteiger charge is -1.99. The topological polar surface area (TPSA) is 35.2 Å². The zero-order valence-corrected chi connectivity index (χ0v) is 5.58. The van der Waals surface area contributed by atoms with E-state index in [9.17, 15) is 4.39 Å². The van der Waals surface area contributed by atoms with E-state index < -0.39 is 6.17 Å². The molecule has 0 aromatic rings. The smallest absolute Gasteiger partial charge is 0.135 e. The van der Waals surface area contributed by atoms with Crippen molar-refractivity contribution >= 4 is 12.4 Å². The molecule has 2 nitrogen and oxygen atoms in total. The van der Waals surface area contributed by atoms with Crippen LogP contribution in [-0.2, 0) is 4.74 Å². The van der Waals surface area contributed by atoms with Crippen LogP contribution in [0.25, 0.3) is 0 Å². The number of hydrogen-bond donors (Lipinski definition) is 1. The monoisotopic (exact) mass is 143 g/mol. The third-order valence-electron chi connectivity index (χ3n) is 0.603. The molecule has 4 heteroatoms. The molecule has 0 saturated heterocycles. The molecule has 0 radical (unpaired) electrons. The molecule has 8 heavy (non-hydrogen) atoms. The maximum absolute atomic E-state index is 11.9. The van der Waals surface area contributed by atoms with E-state index in [4.69, 9.17) is 5.73 Å². The second-order valence-corrected chi connectivity index (χ2v) is 1.29. The molecule has 0 saturated carbocycles. The SMILES string of the molecule is COCC(F)CN.Cl. The van der Waals surface area contributed by atoms with Crippen molar-refractivity contribution in [1.82, 2.24) is 0 Å². The number of rotatable bonds is 3. The average Bonchev–Trinajstić information content (AvgIpc) is 1.68. The lowest BCUT2D eigenvalue weighted by molar-refractivity contribution is 0.128. The van der Waals surface area contributed by atoms with Crippen LogP contribution in [0.3, 0.4) is 0 Å². The van der Waals surface area contributed by atoms with Gasteiger partial charge in [-0.1, -0.05) is 0 Å². The fourth-order valence-corrected chi connectivity index (χ4v) is 0.249. The van der Waals surface area contributed by atoms with E-state index >= 15 is 0 Å². The van der Waals surface area contributed by atoms with Gasteiger partial charge in [0, 0.05) is 13.7 Å². The predicted molar refractivity (Wildman–Crippen MR) is 33.1 cm³/mol. The van der Waals surface area contributed by atoms with E-state index in [1.807, 2.05) is 0 Å². The highest BCUT2D eigenvalue weighted by Crippen LogP contribution is 1.84. The summed E-state index contributed by atoms with van der Waals surface area (Å²) in [5.41, 5.74) is 4.90. The summed E-state index contributed by atoms with van der Waals surface area (Å²) in [6.07, 6.45) is -0.995. The summed E-state index contributed by atoms with van der Waals surface area (Å²) in [5.74, 6) is 0. The Morgan fingerprint density at radius 3 is 2.38 bits per heavy atom. The van der Waals surface area contributed by atoms with Gasteiger partial charge in [-0.15, -0.1) is 12.4 Å². The second kappa shape index (κ2) is 7.14. The van der Waals surface area contributed by atoms with Gasteiger partial charge < -0.3 is 10.5 Å². The summed E-state index contributed by atoms with van der Waals surface area (Å²) in [6.45, 7) is 0.157. The van der Waals surface area contributed by atoms with Crippen LogP contribution >= 0.6 is 12.4 Å². The van der Waals surface area contributed by atoms with Crippen molar-refractivity contribution < 1.29 is 9.13 Å². The first-order chi connectivity index (χ1) is 3.31. The van der Waals surface area contributed by atoms with Crippen LogP contribution in [0.4, 0.5) is 4.39 Å². The largest absolute Gasteiger partial charge is 0.382 e. The van der Waals surface area contributed by atoms with Crippen molar-refractivity contribution in [3.63, 3.8) is 0 Å². The first kappa shape index (κ1) is 11.0. The van der Waals surface area contributed by atoms with Gasteiger partial charge in [-0.05, 0) is 0 Å². The molecule has 1 atom stereocenters. The standard InChI is InChI=1S/C4H10FNO.ClH/c1-7-3-4(5)2-6;/h4H,2-3,6H2,1H3;1H. The Kier molecular flexibility index (Phi) is 9.82. The van der Waals surface area contributed by atoms with Crippen molar-refractivity contribution in [2.45, 2.75) is 6.17 Å². The van der Waals surface area contributed by atoms with Crippen molar-refractivity contribution in [3.8, 4) is 0 Å². The predicted octanol–water partition coefficient (Wildman–Crippen LogP) is 0.351. The summed E-state index contributed by atoms with van der Waals surface area (Å²) >= 11 is 0. The van der Waals surface area contributed by atoms with E-state index in [1.165, 1.54) is 7.11 Å². The van der Waals surface area contributed by atoms with Crippen LogP contribution in [0.1, 0.15) is 0 Å². The molecule has 0 aliphatic rings. The molecule has 0 aliphatic heterocycles. The molecule has 0 amide bonds. The average molecular weight is 144 g/mol. The highest BCUT2D eigenvalue weighted by Gasteiger charge is 1.98. The number of halogens is 2. The van der Waals surface area contributed by atoms with Gasteiger partial charge in [0.1, 0.15) is 6.17 Å². The molecule has 0 aromatic carbocycles. The van der Waals surface area contributed by atoms with Crippen molar-refractivity contribution in [2.24, 2.45) is 5.73 Å². The first-order valence-electron chi connectivity index (χ1n) is 2.14. The normalized spacial score (nSPS) is 12.4. The Bertz CT molecular complexity index is 47.0. The third kappa shape index (κ3) is 6.14. The number of hydrogen-bond acceptors (Lipinski definition) is 2. The maximum Gasteiger partial charge on any atom is 0.135 e. The maximum atomic E-state index is 11.9. The molecular formula is C4H11ClFNO. The number of ether oxygens (including phenoxy) is 1. The quantitative estimate of drug-likeness (QED) is 0.619. The van der Waals surface area contributed by atoms with Gasteiger partial charge in [0.2, 0.25) is 0 Å². The van der Waals surface area contributed by atoms with Crippen LogP contribution in [-0.4, -0.2) is 26.4 Å². The van der Waals surface area contributed by atoms with Crippen LogP contribution < -0.4 is 5.73 Å². The molecule has 1 unspecified atom stereocenters. The lowest BCUT2D eigenvalue weighted by Crippen LogP contribution is -2.19. The minimum atomic E-state index is -0.995. The number of nitrogens with two attached hydrogens (primary N) is 1. The van der Waals surface area contributed by atoms with E-state index in [1.54, 1.807) is 0 Å². The molecule has 52 valence electrons. The van der Waals surface area contributed by atoms with Gasteiger partial charge in [0.05, 0.1) is 6.61 Å². The number of methoxy groups -OCH3 is 1. The zero-order valence-electron chi connectivity index (χ0n) is 4.76. The summed E-state index contributed by atoms with van der Waals surface area (Å²) in [7, 11) is 1.45. The summed E-state index contributed by atoms with van der Waals surface area (Å²) in [6, 6.07) is 0. The van der Waals surface area contributed by atoms with E-state index in [-0.39, 0.29) is 25.6 Å². The Labute approximate surface area is 54.6 Å². The van der Waals surface area contributed by atoms with Crippen LogP contribution in [0.15, 0.2) is 0 Å². The fourth-order valence-electron chi connectivity index (χ4n) is 0.249. The molecule has 0 fully saturated rings. The Morgan fingerprint density at radius 2 is 2.25 bits per heavy atom. The summed E-state index contributed by atoms with van der Waals surface area (Å²) in [5, 5.41) is 0. The van der Waals surface area contributed by atoms with E-state index in [0.717, 1.165) is 0 Å². The van der Waals surface area contributed by atoms with Crippen molar-refractivity contribution in [2.75, 3.05) is 20.3 Å². The second-order valence-electron chi connectivity index (χ2n) is 1.29. The van der Waals surface area contributed by atoms with Crippen LogP contribution in [0.2, 0.25) is 0 Å². The minimum Gasteiger partial charge on any atom is -0.382 e. The molecule has 0 aromatic heterocycles. The molecule has 0 bridgehead atoms. The number of alkyl halides is 1. The summed E-state index contributed by atoms with van der Waals surface area (Å²) in [4.78, 5) is 0. The summed E-state index contributed by atoms with van der Waals surface area (Å²) < 4.78 is 16.3. The van der Waals surface area contributed by atoms with Gasteiger partial charge in [-0.3, -0.25) is 0 Å². The lowest BCUT2D eigenvalue weighted by atomic mass is 10.4. The molecule has 2 N–H and O–H groups in total. The van der Waals surface area contributed by atoms with Crippen molar-refractivity contribution in [1.29, 1.82) is 0 Å². The fraction of sp³-hybridized carbons (Fsp3) is 1.00. The zero-order chi connectivity index (χ0) is 5.70. The highest BCUT2D eigenvalue weighted by atomic mass is 35.5. The van der Waals surface area contributed by atoms with Gasteiger partial charge in [-0.25, -0.2) is 4.39 Å². The Hall–Kier alpha value is 0.140. The third-order valence-corrected chi connectivity index (χ3v) is 0.603. The van der Waals surface area contributed by atoms with Gasteiger partial charge in [-0.2, -0.15) is 0 Å². The Balaban J connectivity index is 0. The highest BCUT2D eigenvalue weighted by molar-refractivity contribution is 5.85.